The second-order valence-corrected chi connectivity index (χ2v) is 7.68. The Kier molecular flexibility index (Phi) is 7.90. The molecule has 1 atom stereocenters. The van der Waals surface area contributed by atoms with Gasteiger partial charge in [0.05, 0.1) is 7.11 Å². The maximum Gasteiger partial charge on any atom is 0.125 e. The molecule has 0 aromatic heterocycles. The van der Waals surface area contributed by atoms with Crippen LogP contribution >= 0.6 is 0 Å². The van der Waals surface area contributed by atoms with Crippen molar-refractivity contribution in [3.63, 3.8) is 0 Å². The molecule has 0 amide bonds. The van der Waals surface area contributed by atoms with Gasteiger partial charge in [0, 0.05) is 29.8 Å². The van der Waals surface area contributed by atoms with Crippen LogP contribution in [-0.4, -0.2) is 42.4 Å². The van der Waals surface area contributed by atoms with E-state index in [0.717, 1.165) is 17.7 Å². The van der Waals surface area contributed by atoms with Crippen LogP contribution in [0.3, 0.4) is 0 Å². The first-order valence-electron chi connectivity index (χ1n) is 10.2. The Morgan fingerprint density at radius 2 is 1.39 bits per heavy atom. The van der Waals surface area contributed by atoms with E-state index in [4.69, 9.17) is 9.47 Å². The van der Waals surface area contributed by atoms with Crippen LogP contribution in [0.2, 0.25) is 0 Å². The van der Waals surface area contributed by atoms with E-state index in [9.17, 15) is 5.11 Å². The second kappa shape index (κ2) is 9.94. The lowest BCUT2D eigenvalue weighted by atomic mass is 9.83. The molecule has 0 saturated carbocycles. The van der Waals surface area contributed by atoms with Crippen LogP contribution in [0.1, 0.15) is 52.2 Å². The summed E-state index contributed by atoms with van der Waals surface area (Å²) in [5.41, 5.74) is 0.337. The van der Waals surface area contributed by atoms with E-state index in [0.29, 0.717) is 36.6 Å². The van der Waals surface area contributed by atoms with Crippen molar-refractivity contribution in [3.05, 3.63) is 59.7 Å². The Balaban J connectivity index is 2.31. The molecule has 0 heterocycles. The Hall–Kier alpha value is -2.04. The molecular weight excluding hydrogens is 350 g/mol. The van der Waals surface area contributed by atoms with Crippen LogP contribution in [0.4, 0.5) is 0 Å². The predicted molar refractivity (Wildman–Crippen MR) is 115 cm³/mol. The summed E-state index contributed by atoms with van der Waals surface area (Å²) >= 11 is 0. The van der Waals surface area contributed by atoms with Crippen molar-refractivity contribution < 1.29 is 14.6 Å². The van der Waals surface area contributed by atoms with Gasteiger partial charge in [0.1, 0.15) is 23.7 Å². The second-order valence-electron chi connectivity index (χ2n) is 7.68. The fourth-order valence-corrected chi connectivity index (χ4v) is 3.82. The number of hydrogen-bond acceptors (Lipinski definition) is 4. The van der Waals surface area contributed by atoms with E-state index < -0.39 is 5.60 Å². The first-order valence-corrected chi connectivity index (χ1v) is 10.2. The SMILES string of the molecule is CCC(O)(c1ccccc1OC)c1ccccc1OCCN(C(C)C)C(C)C. The van der Waals surface area contributed by atoms with Gasteiger partial charge in [-0.25, -0.2) is 0 Å². The molecule has 2 aromatic rings. The summed E-state index contributed by atoms with van der Waals surface area (Å²) in [4.78, 5) is 2.40. The highest BCUT2D eigenvalue weighted by molar-refractivity contribution is 5.49. The van der Waals surface area contributed by atoms with Crippen LogP contribution in [0.15, 0.2) is 48.5 Å². The number of para-hydroxylation sites is 2. The molecule has 2 aromatic carbocycles. The van der Waals surface area contributed by atoms with Crippen molar-refractivity contribution >= 4 is 0 Å². The fourth-order valence-electron chi connectivity index (χ4n) is 3.82. The molecule has 0 saturated heterocycles. The highest BCUT2D eigenvalue weighted by Crippen LogP contribution is 2.41. The van der Waals surface area contributed by atoms with E-state index >= 15 is 0 Å². The van der Waals surface area contributed by atoms with Crippen LogP contribution in [-0.2, 0) is 5.60 Å². The zero-order valence-corrected chi connectivity index (χ0v) is 18.1. The number of methoxy groups -OCH3 is 1. The third kappa shape index (κ3) is 4.86. The number of benzene rings is 2. The van der Waals surface area contributed by atoms with Crippen molar-refractivity contribution in [2.45, 2.75) is 58.7 Å². The lowest BCUT2D eigenvalue weighted by Gasteiger charge is -2.32. The van der Waals surface area contributed by atoms with Gasteiger partial charge in [-0.1, -0.05) is 43.3 Å². The van der Waals surface area contributed by atoms with Gasteiger partial charge in [0.2, 0.25) is 0 Å². The number of rotatable bonds is 10. The predicted octanol–water partition coefficient (Wildman–Crippen LogP) is 4.84. The van der Waals surface area contributed by atoms with Gasteiger partial charge in [0.25, 0.3) is 0 Å². The van der Waals surface area contributed by atoms with Gasteiger partial charge >= 0.3 is 0 Å². The molecule has 0 aliphatic heterocycles. The molecule has 0 radical (unpaired) electrons. The molecule has 1 N–H and O–H groups in total. The van der Waals surface area contributed by atoms with Crippen molar-refractivity contribution in [1.29, 1.82) is 0 Å². The molecule has 4 heteroatoms. The minimum atomic E-state index is -1.18. The molecule has 28 heavy (non-hydrogen) atoms. The summed E-state index contributed by atoms with van der Waals surface area (Å²) in [6.07, 6.45) is 0.512. The maximum atomic E-state index is 11.7. The number of hydrogen-bond donors (Lipinski definition) is 1. The Bertz CT molecular complexity index is 736. The normalized spacial score (nSPS) is 13.8. The van der Waals surface area contributed by atoms with Crippen molar-refractivity contribution in [2.24, 2.45) is 0 Å². The van der Waals surface area contributed by atoms with Crippen LogP contribution in [0.5, 0.6) is 11.5 Å². The molecule has 1 unspecified atom stereocenters. The summed E-state index contributed by atoms with van der Waals surface area (Å²) in [5, 5.41) is 11.7. The van der Waals surface area contributed by atoms with Crippen LogP contribution in [0, 0.1) is 0 Å². The third-order valence-electron chi connectivity index (χ3n) is 5.33. The van der Waals surface area contributed by atoms with Gasteiger partial charge in [0.15, 0.2) is 0 Å². The Labute approximate surface area is 170 Å². The molecule has 0 bridgehead atoms. The fraction of sp³-hybridized carbons (Fsp3) is 0.500. The Morgan fingerprint density at radius 3 is 1.89 bits per heavy atom. The lowest BCUT2D eigenvalue weighted by molar-refractivity contribution is 0.0686. The zero-order chi connectivity index (χ0) is 20.7. The first kappa shape index (κ1) is 22.3. The van der Waals surface area contributed by atoms with E-state index in [2.05, 4.69) is 32.6 Å². The molecule has 0 aliphatic carbocycles. The standard InChI is InChI=1S/C24H35NO3/c1-7-24(26,20-12-8-10-14-22(20)27-6)21-13-9-11-15-23(21)28-17-16-25(18(2)3)19(4)5/h8-15,18-19,26H,7,16-17H2,1-6H3. The van der Waals surface area contributed by atoms with Crippen LogP contribution in [0.25, 0.3) is 0 Å². The third-order valence-corrected chi connectivity index (χ3v) is 5.33. The molecule has 0 spiro atoms. The Morgan fingerprint density at radius 1 is 0.893 bits per heavy atom. The topological polar surface area (TPSA) is 41.9 Å². The number of ether oxygens (including phenoxy) is 2. The van der Waals surface area contributed by atoms with Gasteiger partial charge in [-0.2, -0.15) is 0 Å². The maximum absolute atomic E-state index is 11.7. The lowest BCUT2D eigenvalue weighted by Crippen LogP contribution is -2.39. The van der Waals surface area contributed by atoms with Gasteiger partial charge in [-0.05, 0) is 46.2 Å². The summed E-state index contributed by atoms with van der Waals surface area (Å²) in [6.45, 7) is 12.2. The summed E-state index contributed by atoms with van der Waals surface area (Å²) < 4.78 is 11.7. The van der Waals surface area contributed by atoms with E-state index in [-0.39, 0.29) is 0 Å². The number of aliphatic hydroxyl groups is 1. The average Bonchev–Trinajstić information content (AvgIpc) is 2.70. The minimum Gasteiger partial charge on any atom is -0.496 e. The smallest absolute Gasteiger partial charge is 0.125 e. The van der Waals surface area contributed by atoms with Gasteiger partial charge in [-0.3, -0.25) is 4.90 Å². The molecule has 2 rings (SSSR count). The molecular formula is C24H35NO3. The quantitative estimate of drug-likeness (QED) is 0.635. The minimum absolute atomic E-state index is 0.458. The largest absolute Gasteiger partial charge is 0.496 e. The van der Waals surface area contributed by atoms with E-state index in [1.807, 2.05) is 55.5 Å². The molecule has 0 fully saturated rings. The highest BCUT2D eigenvalue weighted by atomic mass is 16.5. The molecule has 4 nitrogen and oxygen atoms in total. The molecule has 0 aliphatic rings. The zero-order valence-electron chi connectivity index (χ0n) is 18.1. The summed E-state index contributed by atoms with van der Waals surface area (Å²) in [6, 6.07) is 16.3. The highest BCUT2D eigenvalue weighted by Gasteiger charge is 2.35. The van der Waals surface area contributed by atoms with Crippen molar-refractivity contribution in [2.75, 3.05) is 20.3 Å². The van der Waals surface area contributed by atoms with Gasteiger partial charge in [-0.15, -0.1) is 0 Å². The summed E-state index contributed by atoms with van der Waals surface area (Å²) in [5.74, 6) is 1.39. The first-order chi connectivity index (χ1) is 13.3. The van der Waals surface area contributed by atoms with Crippen molar-refractivity contribution in [3.8, 4) is 11.5 Å². The van der Waals surface area contributed by atoms with E-state index in [1.54, 1.807) is 7.11 Å². The number of nitrogens with zero attached hydrogens (tertiary/aromatic N) is 1. The monoisotopic (exact) mass is 385 g/mol. The van der Waals surface area contributed by atoms with Gasteiger partial charge < -0.3 is 14.6 Å². The van der Waals surface area contributed by atoms with Crippen molar-refractivity contribution in [1.82, 2.24) is 4.90 Å². The summed E-state index contributed by atoms with van der Waals surface area (Å²) in [7, 11) is 1.63. The average molecular weight is 386 g/mol. The molecule has 154 valence electrons. The van der Waals surface area contributed by atoms with Crippen LogP contribution < -0.4 is 9.47 Å². The van der Waals surface area contributed by atoms with E-state index in [1.165, 1.54) is 0 Å².